The van der Waals surface area contributed by atoms with Crippen LogP contribution in [-0.4, -0.2) is 6.61 Å². The summed E-state index contributed by atoms with van der Waals surface area (Å²) in [4.78, 5) is 0. The molecule has 82 valence electrons. The van der Waals surface area contributed by atoms with Crippen LogP contribution in [0.1, 0.15) is 24.0 Å². The SMILES string of the molecule is Cc1cc(Br)cc(CCl)c1OCC1CC1. The van der Waals surface area contributed by atoms with Crippen molar-refractivity contribution in [3.63, 3.8) is 0 Å². The van der Waals surface area contributed by atoms with E-state index < -0.39 is 0 Å². The topological polar surface area (TPSA) is 9.23 Å². The zero-order chi connectivity index (χ0) is 10.8. The highest BCUT2D eigenvalue weighted by atomic mass is 79.9. The van der Waals surface area contributed by atoms with E-state index in [4.69, 9.17) is 16.3 Å². The van der Waals surface area contributed by atoms with Crippen LogP contribution in [0.5, 0.6) is 5.75 Å². The summed E-state index contributed by atoms with van der Waals surface area (Å²) in [5.41, 5.74) is 2.23. The Morgan fingerprint density at radius 1 is 1.47 bits per heavy atom. The number of hydrogen-bond donors (Lipinski definition) is 0. The molecule has 1 aromatic rings. The lowest BCUT2D eigenvalue weighted by molar-refractivity contribution is 0.295. The van der Waals surface area contributed by atoms with E-state index in [0.29, 0.717) is 5.88 Å². The van der Waals surface area contributed by atoms with Crippen LogP contribution >= 0.6 is 27.5 Å². The lowest BCUT2D eigenvalue weighted by atomic mass is 10.1. The second-order valence-electron chi connectivity index (χ2n) is 4.10. The van der Waals surface area contributed by atoms with E-state index in [9.17, 15) is 0 Å². The third kappa shape index (κ3) is 2.88. The van der Waals surface area contributed by atoms with Gasteiger partial charge in [-0.15, -0.1) is 11.6 Å². The zero-order valence-electron chi connectivity index (χ0n) is 8.72. The molecule has 1 aliphatic carbocycles. The van der Waals surface area contributed by atoms with Crippen LogP contribution in [0.3, 0.4) is 0 Å². The minimum absolute atomic E-state index is 0.500. The van der Waals surface area contributed by atoms with Crippen molar-refractivity contribution in [1.29, 1.82) is 0 Å². The summed E-state index contributed by atoms with van der Waals surface area (Å²) in [6, 6.07) is 4.10. The summed E-state index contributed by atoms with van der Waals surface area (Å²) in [6.45, 7) is 2.90. The summed E-state index contributed by atoms with van der Waals surface area (Å²) in [5.74, 6) is 2.25. The molecule has 0 amide bonds. The standard InChI is InChI=1S/C12H14BrClO/c1-8-4-11(13)5-10(6-14)12(8)15-7-9-2-3-9/h4-5,9H,2-3,6-7H2,1H3. The van der Waals surface area contributed by atoms with E-state index in [2.05, 4.69) is 28.9 Å². The molecule has 0 bridgehead atoms. The molecule has 0 unspecified atom stereocenters. The molecule has 0 atom stereocenters. The second-order valence-corrected chi connectivity index (χ2v) is 5.28. The Balaban J connectivity index is 2.17. The van der Waals surface area contributed by atoms with Crippen LogP contribution in [0, 0.1) is 12.8 Å². The number of aryl methyl sites for hydroxylation is 1. The summed E-state index contributed by atoms with van der Waals surface area (Å²) in [6.07, 6.45) is 2.62. The first kappa shape index (κ1) is 11.3. The fourth-order valence-corrected chi connectivity index (χ4v) is 2.41. The van der Waals surface area contributed by atoms with Gasteiger partial charge in [0, 0.05) is 10.0 Å². The monoisotopic (exact) mass is 288 g/mol. The van der Waals surface area contributed by atoms with Gasteiger partial charge in [0.1, 0.15) is 5.75 Å². The predicted molar refractivity (Wildman–Crippen MR) is 66.7 cm³/mol. The van der Waals surface area contributed by atoms with Gasteiger partial charge in [-0.25, -0.2) is 0 Å². The lowest BCUT2D eigenvalue weighted by Crippen LogP contribution is -2.03. The average Bonchev–Trinajstić information content (AvgIpc) is 2.99. The van der Waals surface area contributed by atoms with Gasteiger partial charge in [-0.05, 0) is 43.4 Å². The molecule has 0 radical (unpaired) electrons. The molecule has 1 aliphatic rings. The summed E-state index contributed by atoms with van der Waals surface area (Å²) in [7, 11) is 0. The maximum Gasteiger partial charge on any atom is 0.126 e. The quantitative estimate of drug-likeness (QED) is 0.752. The van der Waals surface area contributed by atoms with Crippen molar-refractivity contribution in [2.45, 2.75) is 25.6 Å². The molecule has 1 aromatic carbocycles. The smallest absolute Gasteiger partial charge is 0.126 e. The van der Waals surface area contributed by atoms with Gasteiger partial charge < -0.3 is 4.74 Å². The van der Waals surface area contributed by atoms with Crippen molar-refractivity contribution in [3.8, 4) is 5.75 Å². The fraction of sp³-hybridized carbons (Fsp3) is 0.500. The fourth-order valence-electron chi connectivity index (χ4n) is 1.59. The van der Waals surface area contributed by atoms with Crippen LogP contribution in [0.4, 0.5) is 0 Å². The Kier molecular flexibility index (Phi) is 3.57. The van der Waals surface area contributed by atoms with Crippen LogP contribution in [-0.2, 0) is 5.88 Å². The van der Waals surface area contributed by atoms with Gasteiger partial charge in [0.25, 0.3) is 0 Å². The molecular formula is C12H14BrClO. The first-order chi connectivity index (χ1) is 7.20. The van der Waals surface area contributed by atoms with Crippen molar-refractivity contribution in [2.75, 3.05) is 6.61 Å². The third-order valence-corrected chi connectivity index (χ3v) is 3.37. The van der Waals surface area contributed by atoms with Crippen molar-refractivity contribution >= 4 is 27.5 Å². The van der Waals surface area contributed by atoms with Gasteiger partial charge in [0.15, 0.2) is 0 Å². The molecular weight excluding hydrogens is 275 g/mol. The third-order valence-electron chi connectivity index (χ3n) is 2.62. The molecule has 0 N–H and O–H groups in total. The highest BCUT2D eigenvalue weighted by molar-refractivity contribution is 9.10. The molecule has 0 spiro atoms. The Bertz CT molecular complexity index is 361. The maximum atomic E-state index is 5.91. The van der Waals surface area contributed by atoms with Gasteiger partial charge >= 0.3 is 0 Å². The number of halogens is 2. The number of hydrogen-bond acceptors (Lipinski definition) is 1. The molecule has 0 heterocycles. The van der Waals surface area contributed by atoms with Gasteiger partial charge in [-0.3, -0.25) is 0 Å². The van der Waals surface area contributed by atoms with Crippen molar-refractivity contribution in [3.05, 3.63) is 27.7 Å². The lowest BCUT2D eigenvalue weighted by Gasteiger charge is -2.13. The summed E-state index contributed by atoms with van der Waals surface area (Å²) >= 11 is 9.37. The molecule has 0 aliphatic heterocycles. The van der Waals surface area contributed by atoms with Crippen molar-refractivity contribution in [1.82, 2.24) is 0 Å². The van der Waals surface area contributed by atoms with E-state index in [1.54, 1.807) is 0 Å². The molecule has 2 rings (SSSR count). The van der Waals surface area contributed by atoms with Crippen LogP contribution in [0.2, 0.25) is 0 Å². The summed E-state index contributed by atoms with van der Waals surface area (Å²) in [5, 5.41) is 0. The second kappa shape index (κ2) is 4.75. The highest BCUT2D eigenvalue weighted by Crippen LogP contribution is 2.33. The van der Waals surface area contributed by atoms with Crippen molar-refractivity contribution < 1.29 is 4.74 Å². The van der Waals surface area contributed by atoms with Gasteiger partial charge in [-0.1, -0.05) is 15.9 Å². The van der Waals surface area contributed by atoms with E-state index in [1.165, 1.54) is 12.8 Å². The molecule has 1 fully saturated rings. The Morgan fingerprint density at radius 3 is 2.80 bits per heavy atom. The molecule has 0 aromatic heterocycles. The molecule has 0 saturated heterocycles. The van der Waals surface area contributed by atoms with Gasteiger partial charge in [0.05, 0.1) is 12.5 Å². The zero-order valence-corrected chi connectivity index (χ0v) is 11.1. The minimum atomic E-state index is 0.500. The Hall–Kier alpha value is -0.210. The Morgan fingerprint density at radius 2 is 2.20 bits per heavy atom. The van der Waals surface area contributed by atoms with E-state index >= 15 is 0 Å². The first-order valence-corrected chi connectivity index (χ1v) is 6.51. The van der Waals surface area contributed by atoms with Gasteiger partial charge in [0.2, 0.25) is 0 Å². The van der Waals surface area contributed by atoms with E-state index in [1.807, 2.05) is 6.07 Å². The molecule has 1 nitrogen and oxygen atoms in total. The first-order valence-electron chi connectivity index (χ1n) is 5.18. The molecule has 1 saturated carbocycles. The van der Waals surface area contributed by atoms with E-state index in [-0.39, 0.29) is 0 Å². The Labute approximate surface area is 104 Å². The van der Waals surface area contributed by atoms with E-state index in [0.717, 1.165) is 33.9 Å². The van der Waals surface area contributed by atoms with Crippen LogP contribution in [0.25, 0.3) is 0 Å². The number of benzene rings is 1. The summed E-state index contributed by atoms with van der Waals surface area (Å²) < 4.78 is 6.90. The molecule has 3 heteroatoms. The number of rotatable bonds is 4. The number of ether oxygens (including phenoxy) is 1. The minimum Gasteiger partial charge on any atom is -0.493 e. The van der Waals surface area contributed by atoms with Crippen LogP contribution in [0.15, 0.2) is 16.6 Å². The highest BCUT2D eigenvalue weighted by Gasteiger charge is 2.22. The van der Waals surface area contributed by atoms with Crippen LogP contribution < -0.4 is 4.74 Å². The molecule has 15 heavy (non-hydrogen) atoms. The van der Waals surface area contributed by atoms with Crippen molar-refractivity contribution in [2.24, 2.45) is 5.92 Å². The predicted octanol–water partition coefficient (Wildman–Crippen LogP) is 4.29. The van der Waals surface area contributed by atoms with Gasteiger partial charge in [-0.2, -0.15) is 0 Å². The normalized spacial score (nSPS) is 15.4. The number of alkyl halides is 1. The average molecular weight is 290 g/mol. The maximum absolute atomic E-state index is 5.91. The largest absolute Gasteiger partial charge is 0.493 e.